The van der Waals surface area contributed by atoms with Crippen LogP contribution in [0, 0.1) is 18.2 Å². The van der Waals surface area contributed by atoms with Crippen LogP contribution in [0.25, 0.3) is 10.8 Å². The Kier molecular flexibility index (Phi) is 5.20. The number of anilines is 1. The van der Waals surface area contributed by atoms with E-state index >= 15 is 0 Å². The molecule has 3 heteroatoms. The van der Waals surface area contributed by atoms with Gasteiger partial charge in [-0.15, -0.1) is 6.42 Å². The largest absolute Gasteiger partial charge is 0.397 e. The number of aryl methyl sites for hydroxylation is 1. The van der Waals surface area contributed by atoms with Gasteiger partial charge in [0.25, 0.3) is 0 Å². The highest BCUT2D eigenvalue weighted by molar-refractivity contribution is 6.35. The van der Waals surface area contributed by atoms with E-state index in [0.29, 0.717) is 22.5 Å². The third-order valence-corrected chi connectivity index (χ3v) is 3.26. The van der Waals surface area contributed by atoms with Gasteiger partial charge in [0.2, 0.25) is 0 Å². The van der Waals surface area contributed by atoms with E-state index in [-0.39, 0.29) is 5.56 Å². The van der Waals surface area contributed by atoms with Crippen molar-refractivity contribution in [3.05, 3.63) is 40.2 Å². The second kappa shape index (κ2) is 6.45. The third-order valence-electron chi connectivity index (χ3n) is 2.82. The summed E-state index contributed by atoms with van der Waals surface area (Å²) < 4.78 is 13.7. The second-order valence-electron chi connectivity index (χ2n) is 3.78. The molecule has 0 saturated heterocycles. The van der Waals surface area contributed by atoms with Gasteiger partial charge in [0.05, 0.1) is 16.3 Å². The molecule has 0 aliphatic carbocycles. The molecule has 2 rings (SSSR count). The summed E-state index contributed by atoms with van der Waals surface area (Å²) in [7, 11) is 0. The van der Waals surface area contributed by atoms with Crippen molar-refractivity contribution in [3.63, 3.8) is 0 Å². The fraction of sp³-hybridized carbons (Fsp3) is 0.250. The summed E-state index contributed by atoms with van der Waals surface area (Å²) in [6.07, 6.45) is 6.02. The Labute approximate surface area is 118 Å². The van der Waals surface area contributed by atoms with Gasteiger partial charge in [0.1, 0.15) is 5.82 Å². The van der Waals surface area contributed by atoms with E-state index in [1.54, 1.807) is 12.1 Å². The van der Waals surface area contributed by atoms with Crippen molar-refractivity contribution in [3.8, 4) is 12.3 Å². The number of nitrogens with two attached hydrogens (primary N) is 1. The monoisotopic (exact) mass is 277 g/mol. The molecule has 0 amide bonds. The first-order valence-corrected chi connectivity index (χ1v) is 6.63. The van der Waals surface area contributed by atoms with Crippen LogP contribution in [0.5, 0.6) is 0 Å². The van der Waals surface area contributed by atoms with Gasteiger partial charge >= 0.3 is 0 Å². The molecule has 0 aromatic heterocycles. The van der Waals surface area contributed by atoms with Crippen LogP contribution in [-0.2, 0) is 6.42 Å². The Bertz CT molecular complexity index is 641. The SMILES string of the molecule is C#Cc1c(F)ccc2cc(N)c(Cl)c(CC)c12.CC. The number of hydrogen-bond acceptors (Lipinski definition) is 1. The van der Waals surface area contributed by atoms with Crippen LogP contribution in [0.1, 0.15) is 31.9 Å². The Morgan fingerprint density at radius 3 is 2.53 bits per heavy atom. The smallest absolute Gasteiger partial charge is 0.139 e. The minimum Gasteiger partial charge on any atom is -0.397 e. The highest BCUT2D eigenvalue weighted by atomic mass is 35.5. The number of fused-ring (bicyclic) bond motifs is 1. The average Bonchev–Trinajstić information content (AvgIpc) is 2.43. The van der Waals surface area contributed by atoms with Crippen molar-refractivity contribution in [2.24, 2.45) is 0 Å². The second-order valence-corrected chi connectivity index (χ2v) is 4.15. The summed E-state index contributed by atoms with van der Waals surface area (Å²) in [6, 6.07) is 4.73. The van der Waals surface area contributed by atoms with Crippen LogP contribution in [0.3, 0.4) is 0 Å². The molecule has 0 bridgehead atoms. The first-order valence-electron chi connectivity index (χ1n) is 6.25. The zero-order valence-electron chi connectivity index (χ0n) is 11.3. The van der Waals surface area contributed by atoms with E-state index in [1.807, 2.05) is 20.8 Å². The van der Waals surface area contributed by atoms with E-state index in [4.69, 9.17) is 23.8 Å². The van der Waals surface area contributed by atoms with Crippen molar-refractivity contribution < 1.29 is 4.39 Å². The molecule has 1 nitrogen and oxygen atoms in total. The Morgan fingerprint density at radius 2 is 2.00 bits per heavy atom. The van der Waals surface area contributed by atoms with E-state index in [2.05, 4.69) is 5.92 Å². The number of hydrogen-bond donors (Lipinski definition) is 1. The van der Waals surface area contributed by atoms with Crippen molar-refractivity contribution in [2.45, 2.75) is 27.2 Å². The van der Waals surface area contributed by atoms with Gasteiger partial charge in [0.15, 0.2) is 0 Å². The molecule has 100 valence electrons. The first kappa shape index (κ1) is 15.3. The molecule has 0 unspecified atom stereocenters. The minimum atomic E-state index is -0.407. The Morgan fingerprint density at radius 1 is 1.37 bits per heavy atom. The summed E-state index contributed by atoms with van der Waals surface area (Å²) in [6.45, 7) is 5.94. The topological polar surface area (TPSA) is 26.0 Å². The maximum atomic E-state index is 13.7. The normalized spacial score (nSPS) is 9.68. The van der Waals surface area contributed by atoms with Gasteiger partial charge in [0, 0.05) is 5.39 Å². The van der Waals surface area contributed by atoms with E-state index in [9.17, 15) is 4.39 Å². The minimum absolute atomic E-state index is 0.251. The van der Waals surface area contributed by atoms with E-state index in [0.717, 1.165) is 10.9 Å². The van der Waals surface area contributed by atoms with E-state index in [1.165, 1.54) is 6.07 Å². The van der Waals surface area contributed by atoms with Crippen molar-refractivity contribution >= 4 is 28.1 Å². The fourth-order valence-corrected chi connectivity index (χ4v) is 2.31. The number of terminal acetylenes is 1. The predicted octanol–water partition coefficient (Wildman–Crippen LogP) is 4.78. The van der Waals surface area contributed by atoms with Gasteiger partial charge in [-0.05, 0) is 29.5 Å². The summed E-state index contributed by atoms with van der Waals surface area (Å²) in [5.74, 6) is 1.98. The molecule has 0 radical (unpaired) electrons. The molecular weight excluding hydrogens is 261 g/mol. The highest BCUT2D eigenvalue weighted by Gasteiger charge is 2.14. The van der Waals surface area contributed by atoms with Gasteiger partial charge in [-0.3, -0.25) is 0 Å². The number of nitrogen functional groups attached to an aromatic ring is 1. The van der Waals surface area contributed by atoms with Crippen LogP contribution in [0.2, 0.25) is 5.02 Å². The van der Waals surface area contributed by atoms with E-state index < -0.39 is 5.82 Å². The molecule has 0 saturated carbocycles. The number of benzene rings is 2. The summed E-state index contributed by atoms with van der Waals surface area (Å²) >= 11 is 6.14. The lowest BCUT2D eigenvalue weighted by atomic mass is 9.96. The molecule has 0 spiro atoms. The van der Waals surface area contributed by atoms with Crippen molar-refractivity contribution in [1.82, 2.24) is 0 Å². The maximum absolute atomic E-state index is 13.7. The lowest BCUT2D eigenvalue weighted by Gasteiger charge is -2.12. The van der Waals surface area contributed by atoms with Crippen LogP contribution in [0.15, 0.2) is 18.2 Å². The molecule has 0 heterocycles. The highest BCUT2D eigenvalue weighted by Crippen LogP contribution is 2.34. The molecule has 0 aliphatic rings. The van der Waals surface area contributed by atoms with Crippen LogP contribution < -0.4 is 5.73 Å². The number of rotatable bonds is 1. The van der Waals surface area contributed by atoms with Gasteiger partial charge in [-0.2, -0.15) is 0 Å². The van der Waals surface area contributed by atoms with Crippen molar-refractivity contribution in [2.75, 3.05) is 5.73 Å². The summed E-state index contributed by atoms with van der Waals surface area (Å²) in [5.41, 5.74) is 7.36. The maximum Gasteiger partial charge on any atom is 0.139 e. The zero-order chi connectivity index (χ0) is 14.6. The molecule has 0 fully saturated rings. The fourth-order valence-electron chi connectivity index (χ4n) is 2.03. The predicted molar refractivity (Wildman–Crippen MR) is 82.0 cm³/mol. The Balaban J connectivity index is 0.000000861. The van der Waals surface area contributed by atoms with Crippen LogP contribution in [0.4, 0.5) is 10.1 Å². The van der Waals surface area contributed by atoms with Gasteiger partial charge < -0.3 is 5.73 Å². The molecule has 2 aromatic carbocycles. The summed E-state index contributed by atoms with van der Waals surface area (Å²) in [5, 5.41) is 1.97. The third kappa shape index (κ3) is 2.67. The number of halogens is 2. The standard InChI is InChI=1S/C14H11ClFN.C2H6/c1-3-9-11(16)6-5-8-7-12(17)14(15)10(4-2)13(8)9;1-2/h1,5-7H,4,17H2,2H3;1-2H3. The van der Waals surface area contributed by atoms with Crippen molar-refractivity contribution in [1.29, 1.82) is 0 Å². The molecule has 19 heavy (non-hydrogen) atoms. The lowest BCUT2D eigenvalue weighted by molar-refractivity contribution is 0.626. The molecule has 2 aromatic rings. The molecule has 2 N–H and O–H groups in total. The molecule has 0 atom stereocenters. The van der Waals surface area contributed by atoms with Crippen LogP contribution >= 0.6 is 11.6 Å². The van der Waals surface area contributed by atoms with Gasteiger partial charge in [-0.1, -0.05) is 44.4 Å². The Hall–Kier alpha value is -1.72. The first-order chi connectivity index (χ1) is 9.10. The van der Waals surface area contributed by atoms with Crippen LogP contribution in [-0.4, -0.2) is 0 Å². The molecular formula is C16H17ClFN. The average molecular weight is 278 g/mol. The zero-order valence-corrected chi connectivity index (χ0v) is 12.1. The van der Waals surface area contributed by atoms with Gasteiger partial charge in [-0.25, -0.2) is 4.39 Å². The molecule has 0 aliphatic heterocycles. The quantitative estimate of drug-likeness (QED) is 0.589. The lowest BCUT2D eigenvalue weighted by Crippen LogP contribution is -1.97. The summed E-state index contributed by atoms with van der Waals surface area (Å²) in [4.78, 5) is 0.